The number of β-amino-alcohol motifs (C(OH)–C–C–N with tert-alkyl or cyclic N) is 1. The van der Waals surface area contributed by atoms with Crippen molar-refractivity contribution >= 4 is 62.1 Å². The summed E-state index contributed by atoms with van der Waals surface area (Å²) < 4.78 is 48.4. The number of piperidine rings is 4. The number of carbonyl (C=O) groups is 3. The fraction of sp³-hybridized carbons (Fsp3) is 0.557. The number of rotatable bonds is 11. The van der Waals surface area contributed by atoms with Crippen molar-refractivity contribution in [2.24, 2.45) is 12.5 Å². The van der Waals surface area contributed by atoms with Crippen LogP contribution in [0.5, 0.6) is 11.8 Å². The minimum Gasteiger partial charge on any atom is -0.508 e. The van der Waals surface area contributed by atoms with E-state index in [9.17, 15) is 29.4 Å². The first-order valence-corrected chi connectivity index (χ1v) is 29.6. The highest BCUT2D eigenvalue weighted by molar-refractivity contribution is 6.02. The van der Waals surface area contributed by atoms with Crippen molar-refractivity contribution in [1.29, 1.82) is 0 Å². The molecule has 4 atom stereocenters. The number of imide groups is 1. The van der Waals surface area contributed by atoms with Crippen molar-refractivity contribution in [3.63, 3.8) is 0 Å². The number of nitrogens with one attached hydrogen (secondary N) is 1. The number of amides is 3. The lowest BCUT2D eigenvalue weighted by atomic mass is 9.78. The van der Waals surface area contributed by atoms with E-state index in [1.165, 1.54) is 29.0 Å². The quantitative estimate of drug-likeness (QED) is 0.109. The van der Waals surface area contributed by atoms with Gasteiger partial charge in [0.2, 0.25) is 11.8 Å². The summed E-state index contributed by atoms with van der Waals surface area (Å²) in [7, 11) is 1.73. The van der Waals surface area contributed by atoms with Crippen LogP contribution in [-0.2, 0) is 27.8 Å². The van der Waals surface area contributed by atoms with Gasteiger partial charge in [0.05, 0.1) is 27.6 Å². The molecule has 0 radical (unpaired) electrons. The largest absolute Gasteiger partial charge is 0.508 e. The van der Waals surface area contributed by atoms with Crippen molar-refractivity contribution in [3.8, 4) is 23.0 Å². The standard InChI is InChI=1S/C61H73F2N11O8/c1-4-42-45(62)9-7-37-29-41(75)31-43(50(37)42)52-51(63)53-44(32-64-52)54(72-22-5-16-59(2,80)34-72)67-56(66-53)82-36-61-17-6-23-73(61)40(13-18-61)33-81-58(79)70-26-19-60(20-27-70)21-28-71(35-60)38-14-24-69(25-15-38)39-8-10-46-48(30-39)68(3)57(78)74(46)47-11-12-49(76)65-55(47)77/h7-10,29-32,38,40,47,75,80H,4-6,11-28,33-36H2,1-3H3,(H,65,76,77)/t40-,47?,59+,61-/m0/s1. The number of aromatic nitrogens is 5. The normalized spacial score (nSPS) is 25.5. The molecular formula is C61H73F2N11O8. The van der Waals surface area contributed by atoms with Gasteiger partial charge in [-0.3, -0.25) is 38.8 Å². The molecule has 3 aromatic heterocycles. The predicted molar refractivity (Wildman–Crippen MR) is 305 cm³/mol. The Bertz CT molecular complexity index is 3590. The lowest BCUT2D eigenvalue weighted by Crippen LogP contribution is -2.49. The lowest BCUT2D eigenvalue weighted by Gasteiger charge is -2.41. The Hall–Kier alpha value is -6.97. The third-order valence-electron chi connectivity index (χ3n) is 19.8. The van der Waals surface area contributed by atoms with E-state index in [0.717, 1.165) is 102 Å². The van der Waals surface area contributed by atoms with Crippen LogP contribution < -0.4 is 25.5 Å². The minimum absolute atomic E-state index is 0.00859. The van der Waals surface area contributed by atoms with Crippen molar-refractivity contribution in [3.05, 3.63) is 76.3 Å². The third kappa shape index (κ3) is 9.66. The van der Waals surface area contributed by atoms with Crippen LogP contribution in [0.3, 0.4) is 0 Å². The van der Waals surface area contributed by atoms with Crippen molar-refractivity contribution in [2.75, 3.05) is 81.9 Å². The van der Waals surface area contributed by atoms with Gasteiger partial charge < -0.3 is 34.4 Å². The van der Waals surface area contributed by atoms with Gasteiger partial charge in [-0.05, 0) is 162 Å². The number of benzene rings is 3. The summed E-state index contributed by atoms with van der Waals surface area (Å²) in [5.74, 6) is -1.65. The summed E-state index contributed by atoms with van der Waals surface area (Å²) in [6.07, 6.45) is 11.9. The molecule has 7 aliphatic rings. The first-order chi connectivity index (χ1) is 39.5. The Morgan fingerprint density at radius 1 is 0.854 bits per heavy atom. The number of phenols is 1. The number of likely N-dealkylation sites (tertiary alicyclic amines) is 2. The smallest absolute Gasteiger partial charge is 0.409 e. The first kappa shape index (κ1) is 54.3. The van der Waals surface area contributed by atoms with E-state index in [1.54, 1.807) is 24.6 Å². The summed E-state index contributed by atoms with van der Waals surface area (Å²) >= 11 is 0. The van der Waals surface area contributed by atoms with Gasteiger partial charge in [0, 0.05) is 88.8 Å². The Morgan fingerprint density at radius 2 is 1.65 bits per heavy atom. The van der Waals surface area contributed by atoms with Gasteiger partial charge in [0.25, 0.3) is 0 Å². The molecule has 13 rings (SSSR count). The van der Waals surface area contributed by atoms with Crippen LogP contribution in [0.4, 0.5) is 25.1 Å². The average molecular weight is 1130 g/mol. The number of pyridine rings is 1. The van der Waals surface area contributed by atoms with E-state index >= 15 is 8.78 Å². The zero-order valence-electron chi connectivity index (χ0n) is 47.1. The van der Waals surface area contributed by atoms with E-state index in [0.29, 0.717) is 84.4 Å². The van der Waals surface area contributed by atoms with Gasteiger partial charge >= 0.3 is 17.8 Å². The van der Waals surface area contributed by atoms with Gasteiger partial charge in [-0.25, -0.2) is 18.4 Å². The number of halogens is 2. The van der Waals surface area contributed by atoms with E-state index < -0.39 is 29.2 Å². The second kappa shape index (κ2) is 21.0. The topological polar surface area (TPSA) is 204 Å². The van der Waals surface area contributed by atoms with Crippen LogP contribution in [0.1, 0.15) is 109 Å². The molecule has 1 unspecified atom stereocenters. The molecular weight excluding hydrogens is 1050 g/mol. The Balaban J connectivity index is 0.630. The number of ether oxygens (including phenoxy) is 2. The first-order valence-electron chi connectivity index (χ1n) is 29.6. The number of hydrogen-bond donors (Lipinski definition) is 3. The van der Waals surface area contributed by atoms with Crippen LogP contribution in [-0.4, -0.2) is 162 Å². The average Bonchev–Trinajstić information content (AvgIpc) is 4.36. The molecule has 0 aliphatic carbocycles. The number of anilines is 2. The summed E-state index contributed by atoms with van der Waals surface area (Å²) in [6.45, 7) is 11.0. The van der Waals surface area contributed by atoms with E-state index in [-0.39, 0.29) is 89.4 Å². The summed E-state index contributed by atoms with van der Waals surface area (Å²) in [5, 5.41) is 25.7. The number of fused-ring (bicyclic) bond motifs is 4. The molecule has 7 aliphatic heterocycles. The highest BCUT2D eigenvalue weighted by Gasteiger charge is 2.51. The molecule has 0 saturated carbocycles. The molecule has 3 amide bonds. The second-order valence-corrected chi connectivity index (χ2v) is 24.9. The number of imidazole rings is 1. The highest BCUT2D eigenvalue weighted by Crippen LogP contribution is 2.46. The van der Waals surface area contributed by atoms with Crippen molar-refractivity contribution in [1.82, 2.24) is 44.1 Å². The van der Waals surface area contributed by atoms with Crippen molar-refractivity contribution < 1.29 is 42.9 Å². The zero-order valence-corrected chi connectivity index (χ0v) is 47.1. The molecule has 6 aromatic rings. The Kier molecular flexibility index (Phi) is 13.9. The van der Waals surface area contributed by atoms with Crippen LogP contribution in [0.25, 0.3) is 44.0 Å². The molecule has 434 valence electrons. The maximum absolute atomic E-state index is 17.3. The summed E-state index contributed by atoms with van der Waals surface area (Å²) in [4.78, 5) is 77.2. The Morgan fingerprint density at radius 3 is 2.43 bits per heavy atom. The molecule has 10 heterocycles. The van der Waals surface area contributed by atoms with Crippen LogP contribution in [0, 0.1) is 17.0 Å². The predicted octanol–water partition coefficient (Wildman–Crippen LogP) is 7.34. The molecule has 0 bridgehead atoms. The lowest BCUT2D eigenvalue weighted by molar-refractivity contribution is -0.135. The number of aryl methyl sites for hydroxylation is 2. The van der Waals surface area contributed by atoms with Crippen LogP contribution >= 0.6 is 0 Å². The fourth-order valence-corrected chi connectivity index (χ4v) is 15.3. The van der Waals surface area contributed by atoms with Crippen LogP contribution in [0.2, 0.25) is 0 Å². The van der Waals surface area contributed by atoms with Crippen LogP contribution in [0.15, 0.2) is 53.5 Å². The number of phenolic OH excluding ortho intramolecular Hbond substituents is 1. The van der Waals surface area contributed by atoms with Gasteiger partial charge in [0.15, 0.2) is 5.82 Å². The molecule has 21 heteroatoms. The monoisotopic (exact) mass is 1130 g/mol. The molecule has 82 heavy (non-hydrogen) atoms. The number of carbonyl (C=O) groups excluding carboxylic acids is 3. The van der Waals surface area contributed by atoms with E-state index in [2.05, 4.69) is 25.0 Å². The second-order valence-electron chi connectivity index (χ2n) is 24.9. The van der Waals surface area contributed by atoms with Gasteiger partial charge in [-0.2, -0.15) is 9.97 Å². The molecule has 7 fully saturated rings. The number of nitrogens with zero attached hydrogens (tertiary/aromatic N) is 10. The van der Waals surface area contributed by atoms with Gasteiger partial charge in [-0.15, -0.1) is 0 Å². The minimum atomic E-state index is -1.00. The maximum Gasteiger partial charge on any atom is 0.409 e. The molecule has 19 nitrogen and oxygen atoms in total. The number of hydrogen-bond acceptors (Lipinski definition) is 15. The molecule has 7 saturated heterocycles. The van der Waals surface area contributed by atoms with Gasteiger partial charge in [-0.1, -0.05) is 13.0 Å². The zero-order chi connectivity index (χ0) is 56.8. The fourth-order valence-electron chi connectivity index (χ4n) is 15.3. The molecule has 3 aromatic carbocycles. The van der Waals surface area contributed by atoms with E-state index in [4.69, 9.17) is 19.4 Å². The van der Waals surface area contributed by atoms with Gasteiger partial charge in [0.1, 0.15) is 47.9 Å². The molecule has 3 N–H and O–H groups in total. The number of aliphatic hydroxyl groups is 1. The van der Waals surface area contributed by atoms with E-state index in [1.807, 2.05) is 34.9 Å². The summed E-state index contributed by atoms with van der Waals surface area (Å²) in [6, 6.07) is 11.6. The number of aromatic hydroxyl groups is 1. The summed E-state index contributed by atoms with van der Waals surface area (Å²) in [5.41, 5.74) is 1.55. The Labute approximate surface area is 474 Å². The SMILES string of the molecule is CCc1c(F)ccc2cc(O)cc(-c3ncc4c(N5CCC[C@@](C)(O)C5)nc(OC[C@@]56CCCN5[C@H](COC(=O)N5CCC7(CC5)CCN(C5CCN(c8ccc9c(c8)n(C)c(=O)n9C8CCC(=O)NC8=O)CC5)C7)CC6)nc4c3F)c12. The maximum atomic E-state index is 17.3. The highest BCUT2D eigenvalue weighted by atomic mass is 19.1. The third-order valence-corrected chi connectivity index (χ3v) is 19.8. The van der Waals surface area contributed by atoms with Crippen molar-refractivity contribution in [2.45, 2.75) is 133 Å². The molecule has 1 spiro atoms.